The Morgan fingerprint density at radius 2 is 1.19 bits per heavy atom. The van der Waals surface area contributed by atoms with Crippen LogP contribution in [0.5, 0.6) is 0 Å². The molecular formula is C21H36O16. The van der Waals surface area contributed by atoms with E-state index in [4.69, 9.17) is 23.7 Å². The van der Waals surface area contributed by atoms with Crippen LogP contribution in [0.15, 0.2) is 0 Å². The third-order valence-corrected chi connectivity index (χ3v) is 7.40. The first kappa shape index (κ1) is 29.3. The van der Waals surface area contributed by atoms with Crippen molar-refractivity contribution in [2.24, 2.45) is 5.92 Å². The van der Waals surface area contributed by atoms with E-state index in [1.54, 1.807) is 0 Å². The van der Waals surface area contributed by atoms with Crippen LogP contribution in [0.1, 0.15) is 12.8 Å². The second kappa shape index (κ2) is 11.5. The fourth-order valence-electron chi connectivity index (χ4n) is 5.10. The van der Waals surface area contributed by atoms with Crippen LogP contribution in [0.25, 0.3) is 0 Å². The maximum absolute atomic E-state index is 10.9. The molecule has 0 spiro atoms. The molecule has 16 nitrogen and oxygen atoms in total. The van der Waals surface area contributed by atoms with Crippen LogP contribution in [-0.2, 0) is 23.7 Å². The van der Waals surface area contributed by atoms with Gasteiger partial charge in [-0.1, -0.05) is 0 Å². The molecule has 0 aromatic rings. The summed E-state index contributed by atoms with van der Waals surface area (Å²) in [4.78, 5) is 0. The Morgan fingerprint density at radius 1 is 0.622 bits per heavy atom. The highest BCUT2D eigenvalue weighted by atomic mass is 16.8. The monoisotopic (exact) mass is 544 g/mol. The predicted molar refractivity (Wildman–Crippen MR) is 113 cm³/mol. The third kappa shape index (κ3) is 5.28. The van der Waals surface area contributed by atoms with E-state index < -0.39 is 117 Å². The molecule has 16 heteroatoms. The second-order valence-electron chi connectivity index (χ2n) is 9.88. The van der Waals surface area contributed by atoms with Crippen molar-refractivity contribution in [2.75, 3.05) is 19.8 Å². The van der Waals surface area contributed by atoms with Gasteiger partial charge in [0, 0.05) is 5.92 Å². The van der Waals surface area contributed by atoms with E-state index in [-0.39, 0.29) is 0 Å². The normalized spacial score (nSPS) is 53.3. The topological polar surface area (TPSA) is 269 Å². The molecule has 37 heavy (non-hydrogen) atoms. The Bertz CT molecular complexity index is 750. The molecule has 4 fully saturated rings. The molecule has 0 radical (unpaired) electrons. The molecule has 11 N–H and O–H groups in total. The first-order valence-corrected chi connectivity index (χ1v) is 12.1. The lowest BCUT2D eigenvalue weighted by molar-refractivity contribution is -0.415. The van der Waals surface area contributed by atoms with E-state index in [0.29, 0.717) is 12.8 Å². The lowest BCUT2D eigenvalue weighted by Gasteiger charge is -2.52. The van der Waals surface area contributed by atoms with Crippen LogP contribution in [0.3, 0.4) is 0 Å². The minimum Gasteiger partial charge on any atom is -0.394 e. The summed E-state index contributed by atoms with van der Waals surface area (Å²) < 4.78 is 27.7. The summed E-state index contributed by atoms with van der Waals surface area (Å²) in [6, 6.07) is 0. The molecule has 3 heterocycles. The van der Waals surface area contributed by atoms with Crippen molar-refractivity contribution in [1.29, 1.82) is 0 Å². The largest absolute Gasteiger partial charge is 0.394 e. The van der Waals surface area contributed by atoms with Crippen molar-refractivity contribution in [2.45, 2.75) is 104 Å². The molecular weight excluding hydrogens is 508 g/mol. The summed E-state index contributed by atoms with van der Waals surface area (Å²) in [6.07, 6.45) is -22.5. The lowest BCUT2D eigenvalue weighted by Crippen LogP contribution is -2.71. The van der Waals surface area contributed by atoms with Crippen LogP contribution in [0.2, 0.25) is 0 Å². The summed E-state index contributed by atoms with van der Waals surface area (Å²) in [6.45, 7) is -2.30. The zero-order valence-electron chi connectivity index (χ0n) is 19.7. The van der Waals surface area contributed by atoms with Gasteiger partial charge in [0.15, 0.2) is 12.6 Å². The average molecular weight is 545 g/mol. The minimum atomic E-state index is -2.03. The number of hydrogen-bond donors (Lipinski definition) is 11. The zero-order chi connectivity index (χ0) is 27.2. The van der Waals surface area contributed by atoms with Crippen molar-refractivity contribution in [3.63, 3.8) is 0 Å². The fraction of sp³-hybridized carbons (Fsp3) is 1.00. The first-order chi connectivity index (χ1) is 17.5. The van der Waals surface area contributed by atoms with Crippen molar-refractivity contribution < 1.29 is 79.9 Å². The maximum Gasteiger partial charge on any atom is 0.200 e. The lowest BCUT2D eigenvalue weighted by atomic mass is 9.88. The third-order valence-electron chi connectivity index (χ3n) is 7.40. The average Bonchev–Trinajstić information content (AvgIpc) is 3.74. The van der Waals surface area contributed by atoms with Crippen molar-refractivity contribution >= 4 is 0 Å². The van der Waals surface area contributed by atoms with Crippen LogP contribution in [0, 0.1) is 5.92 Å². The van der Waals surface area contributed by atoms with E-state index in [0.717, 1.165) is 0 Å². The first-order valence-electron chi connectivity index (χ1n) is 12.1. The molecule has 15 atom stereocenters. The van der Waals surface area contributed by atoms with Crippen molar-refractivity contribution in [3.05, 3.63) is 0 Å². The summed E-state index contributed by atoms with van der Waals surface area (Å²) >= 11 is 0. The predicted octanol–water partition coefficient (Wildman–Crippen LogP) is -6.79. The molecule has 0 amide bonds. The smallest absolute Gasteiger partial charge is 0.200 e. The summed E-state index contributed by atoms with van der Waals surface area (Å²) in [5.41, 5.74) is 0. The Balaban J connectivity index is 1.54. The maximum atomic E-state index is 10.9. The summed E-state index contributed by atoms with van der Waals surface area (Å²) in [7, 11) is 0. The fourth-order valence-corrected chi connectivity index (χ4v) is 5.10. The van der Waals surface area contributed by atoms with E-state index >= 15 is 0 Å². The van der Waals surface area contributed by atoms with Gasteiger partial charge < -0.3 is 79.9 Å². The molecule has 1 saturated carbocycles. The van der Waals surface area contributed by atoms with Gasteiger partial charge in [0.25, 0.3) is 0 Å². The number of hydrogen-bond acceptors (Lipinski definition) is 16. The molecule has 4 rings (SSSR count). The number of ether oxygens (including phenoxy) is 5. The van der Waals surface area contributed by atoms with Crippen molar-refractivity contribution in [1.82, 2.24) is 0 Å². The molecule has 2 unspecified atom stereocenters. The zero-order valence-corrected chi connectivity index (χ0v) is 19.7. The molecule has 0 aromatic heterocycles. The summed E-state index contributed by atoms with van der Waals surface area (Å²) in [5.74, 6) is -2.55. The molecule has 0 bridgehead atoms. The van der Waals surface area contributed by atoms with Crippen LogP contribution < -0.4 is 0 Å². The molecule has 3 saturated heterocycles. The molecule has 4 aliphatic rings. The molecule has 3 aliphatic heterocycles. The van der Waals surface area contributed by atoms with Gasteiger partial charge >= 0.3 is 0 Å². The molecule has 0 aromatic carbocycles. The Hall–Kier alpha value is -0.640. The molecule has 216 valence electrons. The number of aliphatic hydroxyl groups excluding tert-OH is 11. The Labute approximate surface area is 210 Å². The number of rotatable bonds is 8. The van der Waals surface area contributed by atoms with Gasteiger partial charge in [-0.25, -0.2) is 0 Å². The van der Waals surface area contributed by atoms with Gasteiger partial charge in [0.05, 0.1) is 19.8 Å². The van der Waals surface area contributed by atoms with Crippen LogP contribution in [-0.4, -0.2) is 168 Å². The van der Waals surface area contributed by atoms with Gasteiger partial charge in [0.1, 0.15) is 73.2 Å². The van der Waals surface area contributed by atoms with Gasteiger partial charge in [-0.3, -0.25) is 0 Å². The van der Waals surface area contributed by atoms with Crippen LogP contribution >= 0.6 is 0 Å². The number of aliphatic hydroxyl groups is 11. The van der Waals surface area contributed by atoms with E-state index in [9.17, 15) is 56.2 Å². The quantitative estimate of drug-likeness (QED) is 0.135. The van der Waals surface area contributed by atoms with E-state index in [1.807, 2.05) is 0 Å². The minimum absolute atomic E-state index is 0.468. The van der Waals surface area contributed by atoms with Crippen molar-refractivity contribution in [3.8, 4) is 0 Å². The van der Waals surface area contributed by atoms with Gasteiger partial charge in [-0.15, -0.1) is 0 Å². The highest BCUT2D eigenvalue weighted by Gasteiger charge is 2.64. The second-order valence-corrected chi connectivity index (χ2v) is 9.88. The van der Waals surface area contributed by atoms with Gasteiger partial charge in [-0.05, 0) is 12.8 Å². The Kier molecular flexibility index (Phi) is 9.09. The van der Waals surface area contributed by atoms with E-state index in [1.165, 1.54) is 0 Å². The summed E-state index contributed by atoms with van der Waals surface area (Å²) in [5, 5.41) is 112. The molecule has 1 aliphatic carbocycles. The highest BCUT2D eigenvalue weighted by molar-refractivity contribution is 5.06. The van der Waals surface area contributed by atoms with Crippen LogP contribution in [0.4, 0.5) is 0 Å². The standard InChI is InChI=1S/C21H36O16/c22-3-7-10(25)13(28)18(31)21(36-7,6-1-2-6)37-17-9(5-24)34-20(15(30)12(17)27)35-16-8(4-23)33-19(32)14(29)11(16)26/h6-20,22-32H,1-5H2/t7-,8-,9-,10-,11-,12-,13+,14-,15-,16-,17-,18-,19+,20?,21?/m1/s1. The Morgan fingerprint density at radius 3 is 1.76 bits per heavy atom. The van der Waals surface area contributed by atoms with Gasteiger partial charge in [-0.2, -0.15) is 0 Å². The highest BCUT2D eigenvalue weighted by Crippen LogP contribution is 2.50. The van der Waals surface area contributed by atoms with Gasteiger partial charge in [0.2, 0.25) is 5.79 Å². The van der Waals surface area contributed by atoms with E-state index in [2.05, 4.69) is 0 Å². The SMILES string of the molecule is OC[C@H]1OC(O[C@H]2[C@H](O)[C@@H](O)C(O[C@H]3[C@H](O)[C@@H](O)[C@@H](O)O[C@@H]3CO)O[C@@H]2CO)(C2CC2)[C@H](O)[C@@H](O)[C@@H]1O.